The summed E-state index contributed by atoms with van der Waals surface area (Å²) in [6.45, 7) is 4.08. The summed E-state index contributed by atoms with van der Waals surface area (Å²) in [6, 6.07) is 14.4. The van der Waals surface area contributed by atoms with Crippen molar-refractivity contribution < 1.29 is 14.3 Å². The number of nitrogens with one attached hydrogen (secondary N) is 1. The van der Waals surface area contributed by atoms with Crippen LogP contribution in [0.5, 0.6) is 11.5 Å². The molecule has 9 heteroatoms. The lowest BCUT2D eigenvalue weighted by Crippen LogP contribution is -2.32. The van der Waals surface area contributed by atoms with Crippen LogP contribution >= 0.6 is 0 Å². The number of anilines is 1. The zero-order chi connectivity index (χ0) is 24.9. The van der Waals surface area contributed by atoms with Crippen molar-refractivity contribution in [2.75, 3.05) is 19.1 Å². The first-order valence-corrected chi connectivity index (χ1v) is 11.5. The highest BCUT2D eigenvalue weighted by atomic mass is 16.5. The third kappa shape index (κ3) is 4.89. The van der Waals surface area contributed by atoms with Gasteiger partial charge in [0.2, 0.25) is 5.95 Å². The summed E-state index contributed by atoms with van der Waals surface area (Å²) in [4.78, 5) is 37.5. The molecule has 1 N–H and O–H groups in total. The van der Waals surface area contributed by atoms with Gasteiger partial charge in [-0.3, -0.25) is 19.6 Å². The Morgan fingerprint density at radius 1 is 1.09 bits per heavy atom. The van der Waals surface area contributed by atoms with E-state index >= 15 is 0 Å². The van der Waals surface area contributed by atoms with Gasteiger partial charge in [-0.2, -0.15) is 9.50 Å². The summed E-state index contributed by atoms with van der Waals surface area (Å²) in [5.74, 6) is 1.20. The van der Waals surface area contributed by atoms with Gasteiger partial charge in [0.15, 0.2) is 0 Å². The number of benzene rings is 2. The van der Waals surface area contributed by atoms with E-state index in [0.29, 0.717) is 34.7 Å². The van der Waals surface area contributed by atoms with Gasteiger partial charge in [0.05, 0.1) is 32.0 Å². The number of H-pyrrole nitrogens is 1. The molecule has 0 aliphatic heterocycles. The molecule has 0 bridgehead atoms. The predicted molar refractivity (Wildman–Crippen MR) is 133 cm³/mol. The Kier molecular flexibility index (Phi) is 7.14. The monoisotopic (exact) mass is 475 g/mol. The third-order valence-electron chi connectivity index (χ3n) is 5.88. The molecule has 0 saturated heterocycles. The average molecular weight is 476 g/mol. The van der Waals surface area contributed by atoms with Crippen LogP contribution < -0.4 is 19.9 Å². The molecule has 0 aliphatic rings. The molecule has 2 aromatic carbocycles. The average Bonchev–Trinajstić information content (AvgIpc) is 3.30. The molecule has 0 radical (unpaired) electrons. The Morgan fingerprint density at radius 3 is 2.63 bits per heavy atom. The van der Waals surface area contributed by atoms with E-state index in [4.69, 9.17) is 9.47 Å². The van der Waals surface area contributed by atoms with Crippen LogP contribution in [0.4, 0.5) is 5.95 Å². The number of amides is 1. The summed E-state index contributed by atoms with van der Waals surface area (Å²) < 4.78 is 12.1. The molecule has 2 heterocycles. The number of methoxy groups -OCH3 is 2. The van der Waals surface area contributed by atoms with Crippen molar-refractivity contribution in [2.24, 2.45) is 0 Å². The van der Waals surface area contributed by atoms with E-state index in [1.807, 2.05) is 31.2 Å². The highest BCUT2D eigenvalue weighted by Crippen LogP contribution is 2.24. The molecule has 35 heavy (non-hydrogen) atoms. The standard InChI is InChI=1S/C26H29N5O4/c1-5-6-12-20-17(2)27-25-28-26(29-31(25)24(20)33)30(16-18-10-9-11-19(15-18)34-3)23(32)21-13-7-8-14-22(21)35-4/h7-11,13-15H,5-6,12,16H2,1-4H3,(H,27,28,29). The molecule has 0 unspecified atom stereocenters. The largest absolute Gasteiger partial charge is 0.497 e. The normalized spacial score (nSPS) is 11.0. The Morgan fingerprint density at radius 2 is 1.89 bits per heavy atom. The van der Waals surface area contributed by atoms with Crippen LogP contribution in [0.25, 0.3) is 5.78 Å². The number of hydrogen-bond donors (Lipinski definition) is 1. The lowest BCUT2D eigenvalue weighted by Gasteiger charge is -2.21. The molecule has 9 nitrogen and oxygen atoms in total. The maximum Gasteiger partial charge on any atom is 0.277 e. The van der Waals surface area contributed by atoms with E-state index in [1.54, 1.807) is 31.4 Å². The molecule has 0 saturated carbocycles. The van der Waals surface area contributed by atoms with Gasteiger partial charge in [-0.05, 0) is 49.6 Å². The number of carbonyl (C=O) groups is 1. The van der Waals surface area contributed by atoms with Crippen molar-refractivity contribution in [3.8, 4) is 11.5 Å². The fourth-order valence-corrected chi connectivity index (χ4v) is 3.97. The zero-order valence-electron chi connectivity index (χ0n) is 20.4. The number of ether oxygens (including phenoxy) is 2. The van der Waals surface area contributed by atoms with Crippen LogP contribution in [0.1, 0.15) is 46.9 Å². The number of hydrogen-bond acceptors (Lipinski definition) is 6. The van der Waals surface area contributed by atoms with E-state index in [0.717, 1.165) is 18.4 Å². The number of aromatic amines is 1. The topological polar surface area (TPSA) is 102 Å². The van der Waals surface area contributed by atoms with E-state index in [1.165, 1.54) is 16.5 Å². The van der Waals surface area contributed by atoms with Crippen LogP contribution in [-0.4, -0.2) is 39.7 Å². The second kappa shape index (κ2) is 10.4. The smallest absolute Gasteiger partial charge is 0.277 e. The van der Waals surface area contributed by atoms with Gasteiger partial charge in [0, 0.05) is 5.56 Å². The van der Waals surface area contributed by atoms with Crippen molar-refractivity contribution >= 4 is 17.6 Å². The SMILES string of the molecule is CCCCc1c(C)nc2nc(N(Cc3cccc(OC)c3)C(=O)c3ccccc3OC)[nH]n2c1=O. The van der Waals surface area contributed by atoms with E-state index in [-0.39, 0.29) is 29.7 Å². The van der Waals surface area contributed by atoms with Gasteiger partial charge >= 0.3 is 0 Å². The van der Waals surface area contributed by atoms with Gasteiger partial charge in [-0.15, -0.1) is 0 Å². The number of fused-ring (bicyclic) bond motifs is 1. The van der Waals surface area contributed by atoms with Crippen molar-refractivity contribution in [3.63, 3.8) is 0 Å². The van der Waals surface area contributed by atoms with Crippen LogP contribution in [0.15, 0.2) is 53.3 Å². The number of aryl methyl sites for hydroxylation is 1. The van der Waals surface area contributed by atoms with E-state index < -0.39 is 0 Å². The molecule has 0 aliphatic carbocycles. The van der Waals surface area contributed by atoms with E-state index in [2.05, 4.69) is 22.0 Å². The van der Waals surface area contributed by atoms with Gasteiger partial charge < -0.3 is 9.47 Å². The summed E-state index contributed by atoms with van der Waals surface area (Å²) in [6.07, 6.45) is 2.50. The lowest BCUT2D eigenvalue weighted by molar-refractivity contribution is 0.0980. The second-order valence-electron chi connectivity index (χ2n) is 8.21. The van der Waals surface area contributed by atoms with E-state index in [9.17, 15) is 9.59 Å². The first kappa shape index (κ1) is 24.0. The molecule has 0 spiro atoms. The zero-order valence-corrected chi connectivity index (χ0v) is 20.4. The summed E-state index contributed by atoms with van der Waals surface area (Å²) in [5, 5.41) is 3.01. The van der Waals surface area contributed by atoms with Crippen molar-refractivity contribution in [1.29, 1.82) is 0 Å². The molecule has 0 fully saturated rings. The molecule has 4 aromatic rings. The van der Waals surface area contributed by atoms with Crippen LogP contribution in [0, 0.1) is 6.92 Å². The number of unbranched alkanes of at least 4 members (excludes halogenated alkanes) is 1. The minimum atomic E-state index is -0.333. The molecule has 4 rings (SSSR count). The minimum absolute atomic E-state index is 0.185. The molecule has 1 amide bonds. The number of nitrogens with zero attached hydrogens (tertiary/aromatic N) is 4. The molecular weight excluding hydrogens is 446 g/mol. The fourth-order valence-electron chi connectivity index (χ4n) is 3.97. The lowest BCUT2D eigenvalue weighted by atomic mass is 10.1. The molecule has 182 valence electrons. The predicted octanol–water partition coefficient (Wildman–Crippen LogP) is 3.93. The number of para-hydroxylation sites is 1. The summed E-state index contributed by atoms with van der Waals surface area (Å²) in [7, 11) is 3.11. The maximum atomic E-state index is 13.8. The molecular formula is C26H29N5O4. The van der Waals surface area contributed by atoms with Gasteiger partial charge in [-0.25, -0.2) is 4.98 Å². The fraction of sp³-hybridized carbons (Fsp3) is 0.308. The first-order chi connectivity index (χ1) is 17.0. The second-order valence-corrected chi connectivity index (χ2v) is 8.21. The number of carbonyl (C=O) groups excluding carboxylic acids is 1. The maximum absolute atomic E-state index is 13.8. The van der Waals surface area contributed by atoms with Crippen LogP contribution in [-0.2, 0) is 13.0 Å². The van der Waals surface area contributed by atoms with Gasteiger partial charge in [0.25, 0.3) is 17.2 Å². The Hall–Kier alpha value is -4.14. The van der Waals surface area contributed by atoms with Crippen molar-refractivity contribution in [2.45, 2.75) is 39.7 Å². The van der Waals surface area contributed by atoms with Crippen molar-refractivity contribution in [1.82, 2.24) is 19.6 Å². The third-order valence-corrected chi connectivity index (χ3v) is 5.88. The Labute approximate surface area is 203 Å². The molecule has 2 aromatic heterocycles. The van der Waals surface area contributed by atoms with Crippen LogP contribution in [0.3, 0.4) is 0 Å². The molecule has 0 atom stereocenters. The number of aromatic nitrogens is 4. The highest BCUT2D eigenvalue weighted by molar-refractivity contribution is 6.07. The summed E-state index contributed by atoms with van der Waals surface area (Å²) >= 11 is 0. The van der Waals surface area contributed by atoms with Crippen molar-refractivity contribution in [3.05, 3.63) is 81.3 Å². The first-order valence-electron chi connectivity index (χ1n) is 11.5. The quantitative estimate of drug-likeness (QED) is 0.394. The Bertz CT molecular complexity index is 1410. The summed E-state index contributed by atoms with van der Waals surface area (Å²) in [5.41, 5.74) is 2.30. The van der Waals surface area contributed by atoms with Gasteiger partial charge in [-0.1, -0.05) is 37.6 Å². The van der Waals surface area contributed by atoms with Crippen LogP contribution in [0.2, 0.25) is 0 Å². The van der Waals surface area contributed by atoms with Gasteiger partial charge in [0.1, 0.15) is 11.5 Å². The number of rotatable bonds is 9. The highest BCUT2D eigenvalue weighted by Gasteiger charge is 2.25. The minimum Gasteiger partial charge on any atom is -0.497 e. The Balaban J connectivity index is 1.83.